The van der Waals surface area contributed by atoms with Crippen LogP contribution < -0.4 is 4.74 Å². The van der Waals surface area contributed by atoms with E-state index >= 15 is 0 Å². The lowest BCUT2D eigenvalue weighted by molar-refractivity contribution is -0.133. The fourth-order valence-corrected chi connectivity index (χ4v) is 1.77. The number of halogens is 1. The zero-order valence-corrected chi connectivity index (χ0v) is 13.2. The van der Waals surface area contributed by atoms with Gasteiger partial charge in [-0.3, -0.25) is 4.79 Å². The van der Waals surface area contributed by atoms with Gasteiger partial charge in [0, 0.05) is 13.1 Å². The van der Waals surface area contributed by atoms with Crippen molar-refractivity contribution in [1.29, 1.82) is 0 Å². The number of amides is 1. The average molecular weight is 377 g/mol. The molecule has 6 heteroatoms. The molecule has 1 aromatic carbocycles. The smallest absolute Gasteiger partial charge is 0.335 e. The molecule has 0 radical (unpaired) electrons. The van der Waals surface area contributed by atoms with Gasteiger partial charge in [-0.1, -0.05) is 0 Å². The molecule has 19 heavy (non-hydrogen) atoms. The highest BCUT2D eigenvalue weighted by Gasteiger charge is 2.14. The predicted octanol–water partition coefficient (Wildman–Crippen LogP) is 2.24. The molecule has 0 aliphatic rings. The number of benzene rings is 1. The van der Waals surface area contributed by atoms with Crippen LogP contribution in [-0.2, 0) is 4.79 Å². The first-order valence-corrected chi connectivity index (χ1v) is 6.82. The quantitative estimate of drug-likeness (QED) is 0.800. The van der Waals surface area contributed by atoms with Crippen LogP contribution in [0.1, 0.15) is 24.2 Å². The second kappa shape index (κ2) is 6.74. The van der Waals surface area contributed by atoms with E-state index in [9.17, 15) is 9.59 Å². The number of likely N-dealkylation sites (N-methyl/N-ethyl adjacent to an activating group) is 1. The lowest BCUT2D eigenvalue weighted by Crippen LogP contribution is -2.36. The highest BCUT2D eigenvalue weighted by molar-refractivity contribution is 14.1. The third-order valence-electron chi connectivity index (χ3n) is 2.70. The van der Waals surface area contributed by atoms with E-state index in [2.05, 4.69) is 0 Å². The number of carboxylic acid groups (broad SMARTS) is 1. The fraction of sp³-hybridized carbons (Fsp3) is 0.385. The minimum absolute atomic E-state index is 0.0977. The van der Waals surface area contributed by atoms with Gasteiger partial charge in [0.05, 0.1) is 9.13 Å². The van der Waals surface area contributed by atoms with E-state index in [4.69, 9.17) is 9.84 Å². The third-order valence-corrected chi connectivity index (χ3v) is 3.59. The molecule has 104 valence electrons. The Labute approximate surface area is 125 Å². The molecule has 0 saturated carbocycles. The molecule has 1 rings (SSSR count). The first-order chi connectivity index (χ1) is 8.82. The van der Waals surface area contributed by atoms with Crippen molar-refractivity contribution in [2.24, 2.45) is 0 Å². The molecule has 0 heterocycles. The Morgan fingerprint density at radius 2 is 2.05 bits per heavy atom. The highest BCUT2D eigenvalue weighted by Crippen LogP contribution is 2.22. The van der Waals surface area contributed by atoms with Crippen LogP contribution in [0.4, 0.5) is 0 Å². The average Bonchev–Trinajstić information content (AvgIpc) is 2.35. The van der Waals surface area contributed by atoms with Crippen LogP contribution in [0.5, 0.6) is 5.75 Å². The molecule has 0 aliphatic carbocycles. The first-order valence-electron chi connectivity index (χ1n) is 5.74. The maximum atomic E-state index is 11.8. The summed E-state index contributed by atoms with van der Waals surface area (Å²) in [5.41, 5.74) is 0.139. The van der Waals surface area contributed by atoms with Crippen LogP contribution in [0.25, 0.3) is 0 Å². The molecule has 0 unspecified atom stereocenters. The van der Waals surface area contributed by atoms with Crippen LogP contribution in [0, 0.1) is 3.57 Å². The minimum Gasteiger partial charge on any atom is -0.483 e. The molecule has 0 fully saturated rings. The van der Waals surface area contributed by atoms with E-state index < -0.39 is 5.97 Å². The standard InChI is InChI=1S/C13H16INO4/c1-8(2)15(3)12(16)7-19-11-6-9(13(17)18)4-5-10(11)14/h4-6,8H,7H2,1-3H3,(H,17,18). The van der Waals surface area contributed by atoms with Gasteiger partial charge in [0.2, 0.25) is 0 Å². The van der Waals surface area contributed by atoms with Gasteiger partial charge in [0.25, 0.3) is 5.91 Å². The fourth-order valence-electron chi connectivity index (χ4n) is 1.28. The summed E-state index contributed by atoms with van der Waals surface area (Å²) in [4.78, 5) is 24.2. The minimum atomic E-state index is -1.02. The van der Waals surface area contributed by atoms with E-state index in [0.717, 1.165) is 3.57 Å². The Bertz CT molecular complexity index is 488. The molecule has 0 atom stereocenters. The van der Waals surface area contributed by atoms with Gasteiger partial charge in [0.1, 0.15) is 5.75 Å². The van der Waals surface area contributed by atoms with Crippen molar-refractivity contribution in [2.45, 2.75) is 19.9 Å². The summed E-state index contributed by atoms with van der Waals surface area (Å²) in [7, 11) is 1.70. The molecular formula is C13H16INO4. The Morgan fingerprint density at radius 3 is 2.58 bits per heavy atom. The number of carbonyl (C=O) groups is 2. The number of nitrogens with zero attached hydrogens (tertiary/aromatic N) is 1. The van der Waals surface area contributed by atoms with Crippen LogP contribution >= 0.6 is 22.6 Å². The first kappa shape index (κ1) is 15.7. The van der Waals surface area contributed by atoms with Crippen molar-refractivity contribution >= 4 is 34.5 Å². The van der Waals surface area contributed by atoms with E-state index in [1.807, 2.05) is 36.4 Å². The van der Waals surface area contributed by atoms with Gasteiger partial charge in [-0.25, -0.2) is 4.79 Å². The van der Waals surface area contributed by atoms with Crippen molar-refractivity contribution in [3.63, 3.8) is 0 Å². The zero-order valence-electron chi connectivity index (χ0n) is 11.0. The van der Waals surface area contributed by atoms with Gasteiger partial charge in [-0.15, -0.1) is 0 Å². The van der Waals surface area contributed by atoms with Crippen LogP contribution in [0.15, 0.2) is 18.2 Å². The third kappa shape index (κ3) is 4.38. The largest absolute Gasteiger partial charge is 0.483 e. The Kier molecular flexibility index (Phi) is 5.59. The summed E-state index contributed by atoms with van der Waals surface area (Å²) in [5.74, 6) is -0.760. The molecule has 0 spiro atoms. The van der Waals surface area contributed by atoms with E-state index in [1.54, 1.807) is 18.0 Å². The van der Waals surface area contributed by atoms with Crippen LogP contribution in [-0.4, -0.2) is 41.6 Å². The summed E-state index contributed by atoms with van der Waals surface area (Å²) in [6, 6.07) is 4.67. The van der Waals surface area contributed by atoms with Gasteiger partial charge in [-0.2, -0.15) is 0 Å². The number of aromatic carboxylic acids is 1. The molecule has 1 aromatic rings. The topological polar surface area (TPSA) is 66.8 Å². The van der Waals surface area contributed by atoms with Crippen molar-refractivity contribution in [3.05, 3.63) is 27.3 Å². The number of hydrogen-bond acceptors (Lipinski definition) is 3. The van der Waals surface area contributed by atoms with Gasteiger partial charge in [-0.05, 0) is 54.6 Å². The normalized spacial score (nSPS) is 10.4. The van der Waals surface area contributed by atoms with E-state index in [1.165, 1.54) is 12.1 Å². The second-order valence-electron chi connectivity index (χ2n) is 4.34. The maximum Gasteiger partial charge on any atom is 0.335 e. The number of carbonyl (C=O) groups excluding carboxylic acids is 1. The number of rotatable bonds is 5. The van der Waals surface area contributed by atoms with E-state index in [0.29, 0.717) is 5.75 Å². The Balaban J connectivity index is 2.75. The van der Waals surface area contributed by atoms with Crippen LogP contribution in [0.2, 0.25) is 0 Å². The molecule has 1 N–H and O–H groups in total. The molecule has 0 bridgehead atoms. The van der Waals surface area contributed by atoms with Crippen molar-refractivity contribution in [3.8, 4) is 5.75 Å². The monoisotopic (exact) mass is 377 g/mol. The van der Waals surface area contributed by atoms with E-state index in [-0.39, 0.29) is 24.1 Å². The molecule has 1 amide bonds. The van der Waals surface area contributed by atoms with Gasteiger partial charge in [0.15, 0.2) is 6.61 Å². The van der Waals surface area contributed by atoms with Gasteiger partial charge < -0.3 is 14.7 Å². The van der Waals surface area contributed by atoms with Crippen molar-refractivity contribution in [2.75, 3.05) is 13.7 Å². The summed E-state index contributed by atoms with van der Waals surface area (Å²) < 4.78 is 6.16. The SMILES string of the molecule is CC(C)N(C)C(=O)COc1cc(C(=O)O)ccc1I. The molecular weight excluding hydrogens is 361 g/mol. The highest BCUT2D eigenvalue weighted by atomic mass is 127. The van der Waals surface area contributed by atoms with Gasteiger partial charge >= 0.3 is 5.97 Å². The summed E-state index contributed by atoms with van der Waals surface area (Å²) >= 11 is 2.04. The molecule has 5 nitrogen and oxygen atoms in total. The Hall–Kier alpha value is -1.31. The summed E-state index contributed by atoms with van der Waals surface area (Å²) in [5, 5.41) is 8.91. The van der Waals surface area contributed by atoms with Crippen molar-refractivity contribution in [1.82, 2.24) is 4.90 Å². The zero-order chi connectivity index (χ0) is 14.6. The van der Waals surface area contributed by atoms with Crippen molar-refractivity contribution < 1.29 is 19.4 Å². The molecule has 0 aromatic heterocycles. The lowest BCUT2D eigenvalue weighted by atomic mass is 10.2. The molecule has 0 saturated heterocycles. The number of carboxylic acids is 1. The molecule has 0 aliphatic heterocycles. The predicted molar refractivity (Wildman–Crippen MR) is 79.5 cm³/mol. The second-order valence-corrected chi connectivity index (χ2v) is 5.50. The Morgan fingerprint density at radius 1 is 1.42 bits per heavy atom. The maximum absolute atomic E-state index is 11.8. The number of hydrogen-bond donors (Lipinski definition) is 1. The van der Waals surface area contributed by atoms with Crippen LogP contribution in [0.3, 0.4) is 0 Å². The summed E-state index contributed by atoms with van der Waals surface area (Å²) in [6.07, 6.45) is 0. The lowest BCUT2D eigenvalue weighted by Gasteiger charge is -2.21. The number of ether oxygens (including phenoxy) is 1. The summed E-state index contributed by atoms with van der Waals surface area (Å²) in [6.45, 7) is 3.72.